The van der Waals surface area contributed by atoms with Crippen molar-refractivity contribution < 1.29 is 9.18 Å². The lowest BCUT2D eigenvalue weighted by Gasteiger charge is -2.07. The third kappa shape index (κ3) is 5.76. The number of carbonyl (C=O) groups is 1. The van der Waals surface area contributed by atoms with E-state index in [1.165, 1.54) is 18.5 Å². The molecule has 3 rings (SSSR count). The Morgan fingerprint density at radius 2 is 1.68 bits per heavy atom. The average Bonchev–Trinajstić information content (AvgIpc) is 2.71. The number of halogens is 2. The van der Waals surface area contributed by atoms with Crippen LogP contribution in [-0.2, 0) is 12.8 Å². The normalized spacial score (nSPS) is 10.5. The fraction of sp³-hybridized carbons (Fsp3) is 0.190. The number of nitrogens with zero attached hydrogens (tertiary/aromatic N) is 2. The summed E-state index contributed by atoms with van der Waals surface area (Å²) in [4.78, 5) is 20.4. The summed E-state index contributed by atoms with van der Waals surface area (Å²) in [5.74, 6) is -0.0586. The molecule has 2 aromatic carbocycles. The number of carbonyl (C=O) groups excluding carboxylic acids is 1. The molecule has 0 bridgehead atoms. The van der Waals surface area contributed by atoms with E-state index in [1.807, 2.05) is 24.3 Å². The number of aromatic nitrogens is 2. The maximum atomic E-state index is 13.6. The van der Waals surface area contributed by atoms with Crippen LogP contribution in [0.15, 0.2) is 60.9 Å². The Hall–Kier alpha value is -2.99. The molecule has 0 saturated heterocycles. The van der Waals surface area contributed by atoms with Crippen molar-refractivity contribution >= 4 is 23.5 Å². The van der Waals surface area contributed by atoms with Crippen molar-refractivity contribution in [3.8, 4) is 0 Å². The number of amides is 1. The zero-order valence-corrected chi connectivity index (χ0v) is 15.9. The molecule has 0 saturated carbocycles. The molecule has 0 fully saturated rings. The van der Waals surface area contributed by atoms with E-state index in [1.54, 1.807) is 18.2 Å². The smallest absolute Gasteiger partial charge is 0.254 e. The summed E-state index contributed by atoms with van der Waals surface area (Å²) in [6, 6.07) is 14.2. The lowest BCUT2D eigenvalue weighted by atomic mass is 10.1. The molecule has 1 amide bonds. The van der Waals surface area contributed by atoms with Crippen molar-refractivity contribution in [1.29, 1.82) is 0 Å². The summed E-state index contributed by atoms with van der Waals surface area (Å²) in [5, 5.41) is 6.55. The van der Waals surface area contributed by atoms with Crippen molar-refractivity contribution in [3.63, 3.8) is 0 Å². The zero-order valence-electron chi connectivity index (χ0n) is 15.2. The lowest BCUT2D eigenvalue weighted by Crippen LogP contribution is -2.26. The van der Waals surface area contributed by atoms with Crippen LogP contribution < -0.4 is 10.6 Å². The first-order valence-corrected chi connectivity index (χ1v) is 9.31. The first-order valence-electron chi connectivity index (χ1n) is 8.94. The highest BCUT2D eigenvalue weighted by Crippen LogP contribution is 2.10. The summed E-state index contributed by atoms with van der Waals surface area (Å²) in [5.41, 5.74) is 2.11. The molecule has 0 aliphatic carbocycles. The predicted molar refractivity (Wildman–Crippen MR) is 108 cm³/mol. The molecule has 0 aliphatic rings. The predicted octanol–water partition coefficient (Wildman–Crippen LogP) is 3.90. The van der Waals surface area contributed by atoms with Crippen LogP contribution >= 0.6 is 11.6 Å². The number of hydrogen-bond donors (Lipinski definition) is 2. The minimum atomic E-state index is -0.230. The SMILES string of the molecule is O=C(NCCc1ccc(Cl)cc1)c1cnc(NCCc2ccccc2F)nc1. The Morgan fingerprint density at radius 1 is 0.964 bits per heavy atom. The molecule has 144 valence electrons. The molecule has 1 heterocycles. The molecule has 0 spiro atoms. The Morgan fingerprint density at radius 3 is 2.39 bits per heavy atom. The van der Waals surface area contributed by atoms with Gasteiger partial charge >= 0.3 is 0 Å². The second-order valence-corrected chi connectivity index (χ2v) is 6.63. The van der Waals surface area contributed by atoms with Crippen molar-refractivity contribution in [1.82, 2.24) is 15.3 Å². The summed E-state index contributed by atoms with van der Waals surface area (Å²) in [7, 11) is 0. The first kappa shape index (κ1) is 19.8. The molecular formula is C21H20ClFN4O. The summed E-state index contributed by atoms with van der Waals surface area (Å²) < 4.78 is 13.6. The Kier molecular flexibility index (Phi) is 6.92. The van der Waals surface area contributed by atoms with Crippen molar-refractivity contribution in [2.45, 2.75) is 12.8 Å². The Balaban J connectivity index is 1.43. The van der Waals surface area contributed by atoms with Crippen LogP contribution in [0, 0.1) is 5.82 Å². The van der Waals surface area contributed by atoms with Gasteiger partial charge in [-0.2, -0.15) is 0 Å². The fourth-order valence-corrected chi connectivity index (χ4v) is 2.75. The third-order valence-electron chi connectivity index (χ3n) is 4.16. The molecule has 5 nitrogen and oxygen atoms in total. The molecule has 28 heavy (non-hydrogen) atoms. The second kappa shape index (κ2) is 9.80. The highest BCUT2D eigenvalue weighted by atomic mass is 35.5. The van der Waals surface area contributed by atoms with Gasteiger partial charge in [-0.05, 0) is 42.2 Å². The van der Waals surface area contributed by atoms with Crippen LogP contribution in [0.25, 0.3) is 0 Å². The molecule has 0 atom stereocenters. The van der Waals surface area contributed by atoms with E-state index < -0.39 is 0 Å². The van der Waals surface area contributed by atoms with E-state index in [2.05, 4.69) is 20.6 Å². The lowest BCUT2D eigenvalue weighted by molar-refractivity contribution is 0.0953. The molecule has 0 radical (unpaired) electrons. The molecule has 0 aliphatic heterocycles. The van der Waals surface area contributed by atoms with Gasteiger partial charge in [-0.1, -0.05) is 41.9 Å². The van der Waals surface area contributed by atoms with Gasteiger partial charge in [0.05, 0.1) is 5.56 Å². The van der Waals surface area contributed by atoms with Gasteiger partial charge in [0.25, 0.3) is 5.91 Å². The number of benzene rings is 2. The van der Waals surface area contributed by atoms with E-state index in [4.69, 9.17) is 11.6 Å². The van der Waals surface area contributed by atoms with Crippen LogP contribution in [0.3, 0.4) is 0 Å². The van der Waals surface area contributed by atoms with Crippen molar-refractivity contribution in [2.24, 2.45) is 0 Å². The zero-order chi connectivity index (χ0) is 19.8. The maximum Gasteiger partial charge on any atom is 0.254 e. The van der Waals surface area contributed by atoms with Gasteiger partial charge in [0.2, 0.25) is 5.95 Å². The van der Waals surface area contributed by atoms with E-state index in [-0.39, 0.29) is 11.7 Å². The Bertz CT molecular complexity index is 916. The van der Waals surface area contributed by atoms with Crippen LogP contribution in [0.1, 0.15) is 21.5 Å². The summed E-state index contributed by atoms with van der Waals surface area (Å²) >= 11 is 5.85. The standard InChI is InChI=1S/C21H20ClFN4O/c22-18-7-5-15(6-8-18)9-11-24-20(28)17-13-26-21(27-14-17)25-12-10-16-3-1-2-4-19(16)23/h1-8,13-14H,9-12H2,(H,24,28)(H,25,26,27). The van der Waals surface area contributed by atoms with Gasteiger partial charge < -0.3 is 10.6 Å². The van der Waals surface area contributed by atoms with E-state index in [0.29, 0.717) is 48.0 Å². The highest BCUT2D eigenvalue weighted by Gasteiger charge is 2.07. The number of rotatable bonds is 8. The molecule has 0 unspecified atom stereocenters. The minimum absolute atomic E-state index is 0.226. The molecule has 7 heteroatoms. The van der Waals surface area contributed by atoms with Crippen molar-refractivity contribution in [2.75, 3.05) is 18.4 Å². The van der Waals surface area contributed by atoms with Gasteiger partial charge in [0.15, 0.2) is 0 Å². The van der Waals surface area contributed by atoms with Gasteiger partial charge in [0.1, 0.15) is 5.82 Å². The van der Waals surface area contributed by atoms with Gasteiger partial charge in [0, 0.05) is 30.5 Å². The van der Waals surface area contributed by atoms with Crippen LogP contribution in [0.2, 0.25) is 5.02 Å². The molecule has 3 aromatic rings. The number of nitrogens with one attached hydrogen (secondary N) is 2. The number of anilines is 1. The van der Waals surface area contributed by atoms with Crippen LogP contribution in [-0.4, -0.2) is 29.0 Å². The third-order valence-corrected chi connectivity index (χ3v) is 4.41. The van der Waals surface area contributed by atoms with E-state index in [9.17, 15) is 9.18 Å². The second-order valence-electron chi connectivity index (χ2n) is 6.20. The van der Waals surface area contributed by atoms with Crippen LogP contribution in [0.5, 0.6) is 0 Å². The van der Waals surface area contributed by atoms with Crippen LogP contribution in [0.4, 0.5) is 10.3 Å². The van der Waals surface area contributed by atoms with Gasteiger partial charge in [-0.25, -0.2) is 14.4 Å². The summed E-state index contributed by atoms with van der Waals surface area (Å²) in [6.07, 6.45) is 4.16. The van der Waals surface area contributed by atoms with Gasteiger partial charge in [-0.15, -0.1) is 0 Å². The Labute approximate surface area is 168 Å². The summed E-state index contributed by atoms with van der Waals surface area (Å²) in [6.45, 7) is 0.997. The monoisotopic (exact) mass is 398 g/mol. The average molecular weight is 399 g/mol. The van der Waals surface area contributed by atoms with E-state index >= 15 is 0 Å². The minimum Gasteiger partial charge on any atom is -0.354 e. The maximum absolute atomic E-state index is 13.6. The molecule has 2 N–H and O–H groups in total. The fourth-order valence-electron chi connectivity index (χ4n) is 2.62. The first-order chi connectivity index (χ1) is 13.6. The quantitative estimate of drug-likeness (QED) is 0.604. The molecular weight excluding hydrogens is 379 g/mol. The topological polar surface area (TPSA) is 66.9 Å². The molecule has 1 aromatic heterocycles. The van der Waals surface area contributed by atoms with Gasteiger partial charge in [-0.3, -0.25) is 4.79 Å². The largest absolute Gasteiger partial charge is 0.354 e. The van der Waals surface area contributed by atoms with E-state index in [0.717, 1.165) is 5.56 Å². The number of hydrogen-bond acceptors (Lipinski definition) is 4. The highest BCUT2D eigenvalue weighted by molar-refractivity contribution is 6.30. The van der Waals surface area contributed by atoms with Crippen molar-refractivity contribution in [3.05, 3.63) is 88.5 Å².